The average Bonchev–Trinajstić information content (AvgIpc) is 2.27. The van der Waals surface area contributed by atoms with E-state index in [9.17, 15) is 13.6 Å². The van der Waals surface area contributed by atoms with Crippen molar-refractivity contribution in [3.63, 3.8) is 0 Å². The van der Waals surface area contributed by atoms with E-state index < -0.39 is 12.4 Å². The molecule has 0 aliphatic rings. The number of halogens is 3. The Morgan fingerprint density at radius 1 is 1.61 bits per heavy atom. The van der Waals surface area contributed by atoms with E-state index in [1.54, 1.807) is 6.92 Å². The summed E-state index contributed by atoms with van der Waals surface area (Å²) in [6.45, 7) is 1.79. The van der Waals surface area contributed by atoms with Gasteiger partial charge in [0.25, 0.3) is 6.43 Å². The van der Waals surface area contributed by atoms with Gasteiger partial charge >= 0.3 is 5.97 Å². The predicted octanol–water partition coefficient (Wildman–Crippen LogP) is 2.35. The lowest BCUT2D eigenvalue weighted by atomic mass is 10.0. The van der Waals surface area contributed by atoms with Crippen LogP contribution in [-0.2, 0) is 22.5 Å². The van der Waals surface area contributed by atoms with Crippen LogP contribution in [0.4, 0.5) is 8.78 Å². The Morgan fingerprint density at radius 3 is 2.78 bits per heavy atom. The van der Waals surface area contributed by atoms with E-state index in [1.807, 2.05) is 0 Å². The van der Waals surface area contributed by atoms with Crippen LogP contribution >= 0.6 is 15.9 Å². The molecule has 4 nitrogen and oxygen atoms in total. The Kier molecular flexibility index (Phi) is 5.61. The molecule has 0 aliphatic heterocycles. The average molecular weight is 323 g/mol. The van der Waals surface area contributed by atoms with Gasteiger partial charge in [0.15, 0.2) is 0 Å². The third kappa shape index (κ3) is 3.71. The molecule has 0 atom stereocenters. The number of pyridine rings is 1. The molecule has 1 aromatic rings. The summed E-state index contributed by atoms with van der Waals surface area (Å²) in [6, 6.07) is 1.43. The fraction of sp³-hybridized carbons (Fsp3) is 0.455. The number of aromatic nitrogens is 1. The van der Waals surface area contributed by atoms with E-state index in [0.717, 1.165) is 0 Å². The van der Waals surface area contributed by atoms with Gasteiger partial charge in [-0.15, -0.1) is 0 Å². The summed E-state index contributed by atoms with van der Waals surface area (Å²) in [6.07, 6.45) is -3.02. The Labute approximate surface area is 112 Å². The maximum absolute atomic E-state index is 13.0. The summed E-state index contributed by atoms with van der Waals surface area (Å²) < 4.78 is 31.1. The first kappa shape index (κ1) is 15.0. The minimum absolute atomic E-state index is 0.00160. The Bertz CT molecular complexity index is 441. The van der Waals surface area contributed by atoms with Crippen LogP contribution in [0, 0.1) is 0 Å². The van der Waals surface area contributed by atoms with Crippen molar-refractivity contribution < 1.29 is 18.3 Å². The van der Waals surface area contributed by atoms with Crippen LogP contribution in [0.2, 0.25) is 0 Å². The number of carbonyl (C=O) groups excluding carboxylic acids is 1. The summed E-state index contributed by atoms with van der Waals surface area (Å²) in [5, 5.41) is 0. The van der Waals surface area contributed by atoms with Crippen LogP contribution in [0.1, 0.15) is 30.2 Å². The Morgan fingerprint density at radius 2 is 2.28 bits per heavy atom. The van der Waals surface area contributed by atoms with Crippen molar-refractivity contribution >= 4 is 21.9 Å². The molecule has 1 aromatic heterocycles. The number of nitrogens with zero attached hydrogens (tertiary/aromatic N) is 1. The number of ether oxygens (including phenoxy) is 1. The SMILES string of the molecule is CCOC(=O)Cc1nc(Br)cc(CN)c1C(F)F. The third-order valence-electron chi connectivity index (χ3n) is 2.25. The maximum Gasteiger partial charge on any atom is 0.311 e. The second kappa shape index (κ2) is 6.75. The molecule has 0 saturated carbocycles. The van der Waals surface area contributed by atoms with E-state index in [2.05, 4.69) is 20.9 Å². The van der Waals surface area contributed by atoms with Gasteiger partial charge in [-0.25, -0.2) is 13.8 Å². The zero-order chi connectivity index (χ0) is 13.7. The minimum atomic E-state index is -2.73. The summed E-state index contributed by atoms with van der Waals surface area (Å²) in [5.41, 5.74) is 5.40. The van der Waals surface area contributed by atoms with Crippen LogP contribution in [-0.4, -0.2) is 17.6 Å². The number of hydrogen-bond acceptors (Lipinski definition) is 4. The molecule has 1 heterocycles. The number of esters is 1. The first-order valence-corrected chi connectivity index (χ1v) is 6.10. The van der Waals surface area contributed by atoms with Crippen molar-refractivity contribution in [2.75, 3.05) is 6.61 Å². The third-order valence-corrected chi connectivity index (χ3v) is 2.65. The summed E-state index contributed by atoms with van der Waals surface area (Å²) in [4.78, 5) is 15.3. The van der Waals surface area contributed by atoms with Gasteiger partial charge in [0.05, 0.1) is 18.7 Å². The maximum atomic E-state index is 13.0. The van der Waals surface area contributed by atoms with Crippen LogP contribution in [0.15, 0.2) is 10.7 Å². The van der Waals surface area contributed by atoms with E-state index in [0.29, 0.717) is 4.60 Å². The minimum Gasteiger partial charge on any atom is -0.466 e. The fourth-order valence-corrected chi connectivity index (χ4v) is 2.04. The lowest BCUT2D eigenvalue weighted by Crippen LogP contribution is -2.14. The summed E-state index contributed by atoms with van der Waals surface area (Å²) >= 11 is 3.10. The molecule has 18 heavy (non-hydrogen) atoms. The first-order valence-electron chi connectivity index (χ1n) is 5.31. The number of alkyl halides is 2. The molecule has 7 heteroatoms. The topological polar surface area (TPSA) is 65.2 Å². The Hall–Kier alpha value is -1.08. The predicted molar refractivity (Wildman–Crippen MR) is 65.1 cm³/mol. The highest BCUT2D eigenvalue weighted by Gasteiger charge is 2.21. The van der Waals surface area contributed by atoms with Crippen molar-refractivity contribution in [1.82, 2.24) is 4.98 Å². The number of carbonyl (C=O) groups is 1. The highest BCUT2D eigenvalue weighted by molar-refractivity contribution is 9.10. The van der Waals surface area contributed by atoms with Crippen molar-refractivity contribution in [2.45, 2.75) is 26.3 Å². The fourth-order valence-electron chi connectivity index (χ4n) is 1.55. The highest BCUT2D eigenvalue weighted by atomic mass is 79.9. The zero-order valence-corrected chi connectivity index (χ0v) is 11.3. The molecule has 0 fully saturated rings. The highest BCUT2D eigenvalue weighted by Crippen LogP contribution is 2.28. The molecule has 0 amide bonds. The van der Waals surface area contributed by atoms with E-state index in [-0.39, 0.29) is 36.4 Å². The van der Waals surface area contributed by atoms with E-state index in [4.69, 9.17) is 10.5 Å². The van der Waals surface area contributed by atoms with Crippen molar-refractivity contribution in [2.24, 2.45) is 5.73 Å². The molecular formula is C11H13BrF2N2O2. The molecule has 0 bridgehead atoms. The molecule has 0 radical (unpaired) electrons. The first-order chi connectivity index (χ1) is 8.49. The molecule has 2 N–H and O–H groups in total. The monoisotopic (exact) mass is 322 g/mol. The molecule has 1 rings (SSSR count). The second-order valence-corrected chi connectivity index (χ2v) is 4.26. The molecular weight excluding hydrogens is 310 g/mol. The molecule has 0 saturated heterocycles. The van der Waals surface area contributed by atoms with Gasteiger partial charge in [0.2, 0.25) is 0 Å². The van der Waals surface area contributed by atoms with Gasteiger partial charge in [-0.3, -0.25) is 4.79 Å². The van der Waals surface area contributed by atoms with Crippen molar-refractivity contribution in [1.29, 1.82) is 0 Å². The van der Waals surface area contributed by atoms with Gasteiger partial charge in [-0.2, -0.15) is 0 Å². The van der Waals surface area contributed by atoms with Gasteiger partial charge < -0.3 is 10.5 Å². The molecule has 0 aromatic carbocycles. The van der Waals surface area contributed by atoms with Gasteiger partial charge in [-0.05, 0) is 34.5 Å². The van der Waals surface area contributed by atoms with E-state index in [1.165, 1.54) is 6.07 Å². The summed E-state index contributed by atoms with van der Waals surface area (Å²) in [5.74, 6) is -0.590. The molecule has 0 aliphatic carbocycles. The summed E-state index contributed by atoms with van der Waals surface area (Å²) in [7, 11) is 0. The van der Waals surface area contributed by atoms with Crippen LogP contribution in [0.25, 0.3) is 0 Å². The molecule has 100 valence electrons. The smallest absolute Gasteiger partial charge is 0.311 e. The van der Waals surface area contributed by atoms with Crippen LogP contribution in [0.3, 0.4) is 0 Å². The number of nitrogens with two attached hydrogens (primary N) is 1. The van der Waals surface area contributed by atoms with Crippen molar-refractivity contribution in [3.05, 3.63) is 27.5 Å². The quantitative estimate of drug-likeness (QED) is 0.667. The van der Waals surface area contributed by atoms with Gasteiger partial charge in [0.1, 0.15) is 4.60 Å². The van der Waals surface area contributed by atoms with Crippen LogP contribution < -0.4 is 5.73 Å². The largest absolute Gasteiger partial charge is 0.466 e. The Balaban J connectivity index is 3.15. The molecule has 0 unspecified atom stereocenters. The normalized spacial score (nSPS) is 10.8. The molecule has 0 spiro atoms. The lowest BCUT2D eigenvalue weighted by Gasteiger charge is -2.12. The van der Waals surface area contributed by atoms with Crippen molar-refractivity contribution in [3.8, 4) is 0 Å². The van der Waals surface area contributed by atoms with E-state index >= 15 is 0 Å². The number of rotatable bonds is 5. The van der Waals surface area contributed by atoms with Gasteiger partial charge in [-0.1, -0.05) is 0 Å². The zero-order valence-electron chi connectivity index (χ0n) is 9.75. The lowest BCUT2D eigenvalue weighted by molar-refractivity contribution is -0.142. The second-order valence-electron chi connectivity index (χ2n) is 3.45. The number of hydrogen-bond donors (Lipinski definition) is 1. The van der Waals surface area contributed by atoms with Gasteiger partial charge in [0, 0.05) is 12.1 Å². The van der Waals surface area contributed by atoms with Crippen LogP contribution in [0.5, 0.6) is 0 Å². The standard InChI is InChI=1S/C11H13BrF2N2O2/c1-2-18-9(17)4-7-10(11(13)14)6(5-15)3-8(12)16-7/h3,11H,2,4-5,15H2,1H3.